The number of hydrogen-bond donors (Lipinski definition) is 1. The van der Waals surface area contributed by atoms with Gasteiger partial charge in [-0.1, -0.05) is 37.3 Å². The quantitative estimate of drug-likeness (QED) is 0.719. The third kappa shape index (κ3) is 4.32. The minimum Gasteiger partial charge on any atom is -0.484 e. The number of hydrogen-bond acceptors (Lipinski definition) is 5. The Balaban J connectivity index is 1.50. The summed E-state index contributed by atoms with van der Waals surface area (Å²) in [4.78, 5) is 0. The molecule has 1 heterocycles. The first-order valence-electron chi connectivity index (χ1n) is 7.65. The zero-order valence-corrected chi connectivity index (χ0v) is 13.0. The molecule has 0 spiro atoms. The van der Waals surface area contributed by atoms with Crippen molar-refractivity contribution in [1.82, 2.24) is 10.2 Å². The summed E-state index contributed by atoms with van der Waals surface area (Å²) < 4.78 is 11.1. The van der Waals surface area contributed by atoms with E-state index in [1.165, 1.54) is 5.56 Å². The van der Waals surface area contributed by atoms with E-state index in [1.54, 1.807) is 0 Å². The molecule has 1 N–H and O–H groups in total. The van der Waals surface area contributed by atoms with Crippen LogP contribution in [0.25, 0.3) is 0 Å². The number of benzene rings is 2. The Hall–Kier alpha value is -2.82. The molecule has 0 bridgehead atoms. The summed E-state index contributed by atoms with van der Waals surface area (Å²) >= 11 is 0. The van der Waals surface area contributed by atoms with E-state index in [-0.39, 0.29) is 6.61 Å². The van der Waals surface area contributed by atoms with Gasteiger partial charge in [0.05, 0.1) is 6.54 Å². The Morgan fingerprint density at radius 1 is 0.957 bits per heavy atom. The fourth-order valence-corrected chi connectivity index (χ4v) is 2.12. The lowest BCUT2D eigenvalue weighted by Crippen LogP contribution is -1.99. The molecule has 0 unspecified atom stereocenters. The van der Waals surface area contributed by atoms with Crippen molar-refractivity contribution in [2.24, 2.45) is 0 Å². The molecule has 5 heteroatoms. The lowest BCUT2D eigenvalue weighted by atomic mass is 10.1. The number of rotatable bonds is 7. The largest absolute Gasteiger partial charge is 0.484 e. The minimum absolute atomic E-state index is 0.266. The van der Waals surface area contributed by atoms with Crippen molar-refractivity contribution in [3.05, 3.63) is 71.9 Å². The van der Waals surface area contributed by atoms with E-state index in [0.717, 1.165) is 17.9 Å². The lowest BCUT2D eigenvalue weighted by molar-refractivity contribution is 0.259. The normalized spacial score (nSPS) is 10.5. The van der Waals surface area contributed by atoms with Gasteiger partial charge in [0.1, 0.15) is 5.75 Å². The summed E-state index contributed by atoms with van der Waals surface area (Å²) in [6, 6.07) is 17.9. The van der Waals surface area contributed by atoms with E-state index >= 15 is 0 Å². The number of ether oxygens (including phenoxy) is 1. The highest BCUT2D eigenvalue weighted by atomic mass is 16.5. The molecule has 23 heavy (non-hydrogen) atoms. The van der Waals surface area contributed by atoms with Crippen LogP contribution in [0.1, 0.15) is 24.3 Å². The zero-order chi connectivity index (χ0) is 15.9. The summed E-state index contributed by atoms with van der Waals surface area (Å²) in [5, 5.41) is 11.3. The maximum Gasteiger partial charge on any atom is 0.253 e. The molecule has 2 aromatic carbocycles. The van der Waals surface area contributed by atoms with Gasteiger partial charge < -0.3 is 14.5 Å². The van der Waals surface area contributed by atoms with Gasteiger partial charge in [-0.05, 0) is 36.2 Å². The van der Waals surface area contributed by atoms with Crippen molar-refractivity contribution in [2.75, 3.05) is 5.32 Å². The molecule has 0 aliphatic rings. The van der Waals surface area contributed by atoms with Gasteiger partial charge in [0.2, 0.25) is 5.89 Å². The van der Waals surface area contributed by atoms with Gasteiger partial charge in [-0.15, -0.1) is 10.2 Å². The Morgan fingerprint density at radius 3 is 2.43 bits per heavy atom. The standard InChI is InChI=1S/C18H19N3O2/c1-2-14-8-10-15(11-9-14)19-12-17-20-21-18(23-17)13-22-16-6-4-3-5-7-16/h3-11,19H,2,12-13H2,1H3. The molecule has 5 nitrogen and oxygen atoms in total. The fraction of sp³-hybridized carbons (Fsp3) is 0.222. The molecule has 0 aliphatic heterocycles. The molecule has 0 radical (unpaired) electrons. The Labute approximate surface area is 135 Å². The van der Waals surface area contributed by atoms with E-state index in [2.05, 4.69) is 46.7 Å². The van der Waals surface area contributed by atoms with Gasteiger partial charge in [0.25, 0.3) is 5.89 Å². The summed E-state index contributed by atoms with van der Waals surface area (Å²) in [6.45, 7) is 2.89. The lowest BCUT2D eigenvalue weighted by Gasteiger charge is -2.04. The average Bonchev–Trinajstić information content (AvgIpc) is 3.07. The highest BCUT2D eigenvalue weighted by molar-refractivity contribution is 5.44. The molecule has 3 rings (SSSR count). The zero-order valence-electron chi connectivity index (χ0n) is 13.0. The van der Waals surface area contributed by atoms with Crippen molar-refractivity contribution < 1.29 is 9.15 Å². The van der Waals surface area contributed by atoms with Crippen molar-refractivity contribution in [1.29, 1.82) is 0 Å². The molecule has 0 atom stereocenters. The number of nitrogens with zero attached hydrogens (tertiary/aromatic N) is 2. The van der Waals surface area contributed by atoms with Crippen LogP contribution in [-0.4, -0.2) is 10.2 Å². The maximum absolute atomic E-state index is 5.58. The second-order valence-electron chi connectivity index (χ2n) is 5.10. The van der Waals surface area contributed by atoms with Crippen molar-refractivity contribution in [3.8, 4) is 5.75 Å². The van der Waals surface area contributed by atoms with Crippen molar-refractivity contribution >= 4 is 5.69 Å². The number of nitrogens with one attached hydrogen (secondary N) is 1. The summed E-state index contributed by atoms with van der Waals surface area (Å²) in [5.74, 6) is 1.78. The SMILES string of the molecule is CCc1ccc(NCc2nnc(COc3ccccc3)o2)cc1. The highest BCUT2D eigenvalue weighted by Crippen LogP contribution is 2.13. The second kappa shape index (κ2) is 7.45. The van der Waals surface area contributed by atoms with E-state index in [0.29, 0.717) is 18.3 Å². The van der Waals surface area contributed by atoms with E-state index in [4.69, 9.17) is 9.15 Å². The van der Waals surface area contributed by atoms with Crippen LogP contribution in [0, 0.1) is 0 Å². The van der Waals surface area contributed by atoms with Crippen LogP contribution in [0.3, 0.4) is 0 Å². The predicted molar refractivity (Wildman–Crippen MR) is 88.2 cm³/mol. The maximum atomic E-state index is 5.58. The Kier molecular flexibility index (Phi) is 4.88. The number of anilines is 1. The molecule has 0 fully saturated rings. The molecule has 0 saturated heterocycles. The Bertz CT molecular complexity index is 724. The minimum atomic E-state index is 0.266. The summed E-state index contributed by atoms with van der Waals surface area (Å²) in [6.07, 6.45) is 1.04. The van der Waals surface area contributed by atoms with Gasteiger partial charge in [-0.2, -0.15) is 0 Å². The van der Waals surface area contributed by atoms with Crippen molar-refractivity contribution in [3.63, 3.8) is 0 Å². The molecule has 0 aliphatic carbocycles. The van der Waals surface area contributed by atoms with Crippen LogP contribution in [-0.2, 0) is 19.6 Å². The predicted octanol–water partition coefficient (Wildman–Crippen LogP) is 3.82. The highest BCUT2D eigenvalue weighted by Gasteiger charge is 2.06. The average molecular weight is 309 g/mol. The molecular formula is C18H19N3O2. The molecule has 118 valence electrons. The smallest absolute Gasteiger partial charge is 0.253 e. The summed E-state index contributed by atoms with van der Waals surface area (Å²) in [5.41, 5.74) is 2.34. The first-order chi connectivity index (χ1) is 11.3. The topological polar surface area (TPSA) is 60.2 Å². The van der Waals surface area contributed by atoms with Crippen LogP contribution in [0.4, 0.5) is 5.69 Å². The fourth-order valence-electron chi connectivity index (χ4n) is 2.12. The van der Waals surface area contributed by atoms with Crippen LogP contribution >= 0.6 is 0 Å². The molecule has 0 saturated carbocycles. The molecule has 1 aromatic heterocycles. The first-order valence-corrected chi connectivity index (χ1v) is 7.65. The molecular weight excluding hydrogens is 290 g/mol. The monoisotopic (exact) mass is 309 g/mol. The van der Waals surface area contributed by atoms with Gasteiger partial charge in [0, 0.05) is 5.69 Å². The van der Waals surface area contributed by atoms with E-state index < -0.39 is 0 Å². The number of aryl methyl sites for hydroxylation is 1. The van der Waals surface area contributed by atoms with Crippen LogP contribution in [0.2, 0.25) is 0 Å². The van der Waals surface area contributed by atoms with Gasteiger partial charge >= 0.3 is 0 Å². The third-order valence-corrected chi connectivity index (χ3v) is 3.42. The van der Waals surface area contributed by atoms with Crippen LogP contribution in [0.5, 0.6) is 5.75 Å². The van der Waals surface area contributed by atoms with Gasteiger partial charge in [0.15, 0.2) is 6.61 Å². The third-order valence-electron chi connectivity index (χ3n) is 3.42. The van der Waals surface area contributed by atoms with Crippen LogP contribution in [0.15, 0.2) is 59.0 Å². The summed E-state index contributed by atoms with van der Waals surface area (Å²) in [7, 11) is 0. The second-order valence-corrected chi connectivity index (χ2v) is 5.10. The number of para-hydroxylation sites is 1. The van der Waals surface area contributed by atoms with Gasteiger partial charge in [-0.25, -0.2) is 0 Å². The van der Waals surface area contributed by atoms with Crippen molar-refractivity contribution in [2.45, 2.75) is 26.5 Å². The van der Waals surface area contributed by atoms with E-state index in [9.17, 15) is 0 Å². The van der Waals surface area contributed by atoms with E-state index in [1.807, 2.05) is 30.3 Å². The van der Waals surface area contributed by atoms with Crippen LogP contribution < -0.4 is 10.1 Å². The van der Waals surface area contributed by atoms with Gasteiger partial charge in [-0.3, -0.25) is 0 Å². The molecule has 0 amide bonds. The molecule has 3 aromatic rings. The number of aromatic nitrogens is 2. The Morgan fingerprint density at radius 2 is 1.70 bits per heavy atom. The first kappa shape index (κ1) is 15.1.